The molecule has 0 aliphatic heterocycles. The van der Waals surface area contributed by atoms with Crippen LogP contribution in [0.4, 0.5) is 0 Å². The summed E-state index contributed by atoms with van der Waals surface area (Å²) in [5.74, 6) is 1.55. The van der Waals surface area contributed by atoms with Gasteiger partial charge in [0.05, 0.1) is 0 Å². The van der Waals surface area contributed by atoms with Crippen molar-refractivity contribution in [2.45, 2.75) is 57.1 Å². The molecule has 2 unspecified atom stereocenters. The molecule has 5 nitrogen and oxygen atoms in total. The van der Waals surface area contributed by atoms with Gasteiger partial charge in [-0.1, -0.05) is 13.3 Å². The normalized spacial score (nSPS) is 24.9. The second-order valence-electron chi connectivity index (χ2n) is 5.26. The molecule has 0 radical (unpaired) electrons. The smallest absolute Gasteiger partial charge is 0.296 e. The molecule has 0 bridgehead atoms. The zero-order valence-corrected chi connectivity index (χ0v) is 12.4. The first kappa shape index (κ1) is 13.8. The van der Waals surface area contributed by atoms with Crippen molar-refractivity contribution in [3.05, 3.63) is 5.82 Å². The van der Waals surface area contributed by atoms with Crippen LogP contribution in [0, 0.1) is 5.92 Å². The molecular weight excluding hydrogens is 274 g/mol. The first-order chi connectivity index (χ1) is 8.32. The molecule has 1 aromatic rings. The quantitative estimate of drug-likeness (QED) is 0.803. The van der Waals surface area contributed by atoms with Gasteiger partial charge in [-0.15, -0.1) is 10.2 Å². The van der Waals surface area contributed by atoms with Crippen LogP contribution in [0.15, 0.2) is 5.16 Å². The lowest BCUT2D eigenvalue weighted by atomic mass is 9.97. The summed E-state index contributed by atoms with van der Waals surface area (Å²) in [5, 5.41) is 7.74. The Balaban J connectivity index is 2.52. The van der Waals surface area contributed by atoms with Gasteiger partial charge in [-0.05, 0) is 32.6 Å². The minimum absolute atomic E-state index is 0.0219. The van der Waals surface area contributed by atoms with Gasteiger partial charge in [0.1, 0.15) is 5.82 Å². The zero-order valence-electron chi connectivity index (χ0n) is 10.8. The van der Waals surface area contributed by atoms with E-state index in [1.807, 2.05) is 13.8 Å². The Morgan fingerprint density at radius 1 is 1.33 bits per heavy atom. The first-order valence-electron chi connectivity index (χ1n) is 6.21. The van der Waals surface area contributed by atoms with Crippen molar-refractivity contribution in [2.24, 2.45) is 5.92 Å². The molecule has 1 aliphatic carbocycles. The van der Waals surface area contributed by atoms with Gasteiger partial charge in [0.25, 0.3) is 14.2 Å². The van der Waals surface area contributed by atoms with E-state index in [0.717, 1.165) is 25.1 Å². The number of hydrogen-bond donors (Lipinski definition) is 0. The molecule has 0 amide bonds. The van der Waals surface area contributed by atoms with Gasteiger partial charge in [0.2, 0.25) is 0 Å². The molecule has 1 aliphatic rings. The van der Waals surface area contributed by atoms with Gasteiger partial charge in [-0.2, -0.15) is 0 Å². The Kier molecular flexibility index (Phi) is 3.69. The molecule has 1 saturated carbocycles. The third-order valence-corrected chi connectivity index (χ3v) is 4.75. The van der Waals surface area contributed by atoms with Gasteiger partial charge in [-0.3, -0.25) is 4.57 Å². The van der Waals surface area contributed by atoms with Crippen LogP contribution in [0.3, 0.4) is 0 Å². The van der Waals surface area contributed by atoms with E-state index in [4.69, 9.17) is 10.7 Å². The second-order valence-corrected chi connectivity index (χ2v) is 7.72. The SMILES string of the molecule is CC1CCCC1c1nnc(S(=O)(=O)Cl)n1C(C)C. The number of rotatable bonds is 3. The van der Waals surface area contributed by atoms with Crippen LogP contribution in [0.5, 0.6) is 0 Å². The van der Waals surface area contributed by atoms with Crippen LogP contribution in [-0.2, 0) is 9.05 Å². The van der Waals surface area contributed by atoms with Gasteiger partial charge < -0.3 is 0 Å². The first-order valence-corrected chi connectivity index (χ1v) is 8.52. The number of hydrogen-bond acceptors (Lipinski definition) is 4. The minimum Gasteiger partial charge on any atom is -0.298 e. The van der Waals surface area contributed by atoms with Crippen molar-refractivity contribution in [1.29, 1.82) is 0 Å². The summed E-state index contributed by atoms with van der Waals surface area (Å²) in [4.78, 5) is 0. The van der Waals surface area contributed by atoms with Crippen molar-refractivity contribution in [1.82, 2.24) is 14.8 Å². The maximum absolute atomic E-state index is 11.5. The lowest BCUT2D eigenvalue weighted by molar-refractivity contribution is 0.444. The fourth-order valence-electron chi connectivity index (χ4n) is 2.72. The zero-order chi connectivity index (χ0) is 13.5. The van der Waals surface area contributed by atoms with Crippen LogP contribution in [0.25, 0.3) is 0 Å². The van der Waals surface area contributed by atoms with E-state index in [9.17, 15) is 8.42 Å². The third-order valence-electron chi connectivity index (χ3n) is 3.62. The van der Waals surface area contributed by atoms with Crippen LogP contribution in [0.2, 0.25) is 0 Å². The predicted molar refractivity (Wildman–Crippen MR) is 69.2 cm³/mol. The number of halogens is 1. The predicted octanol–water partition coefficient (Wildman–Crippen LogP) is 2.69. The summed E-state index contributed by atoms with van der Waals surface area (Å²) in [6.07, 6.45) is 3.34. The van der Waals surface area contributed by atoms with Gasteiger partial charge in [0.15, 0.2) is 0 Å². The van der Waals surface area contributed by atoms with Crippen molar-refractivity contribution < 1.29 is 8.42 Å². The van der Waals surface area contributed by atoms with E-state index in [1.54, 1.807) is 4.57 Å². The molecule has 7 heteroatoms. The molecule has 1 heterocycles. The third kappa shape index (κ3) is 2.40. The van der Waals surface area contributed by atoms with Crippen molar-refractivity contribution in [3.63, 3.8) is 0 Å². The molecule has 1 aromatic heterocycles. The second kappa shape index (κ2) is 4.81. The molecular formula is C11H18ClN3O2S. The molecule has 0 N–H and O–H groups in total. The summed E-state index contributed by atoms with van der Waals surface area (Å²) >= 11 is 0. The minimum atomic E-state index is -3.84. The van der Waals surface area contributed by atoms with E-state index in [-0.39, 0.29) is 17.1 Å². The molecule has 0 spiro atoms. The Labute approximate surface area is 112 Å². The Bertz CT molecular complexity index is 538. The fourth-order valence-corrected chi connectivity index (χ4v) is 3.72. The topological polar surface area (TPSA) is 64.8 Å². The summed E-state index contributed by atoms with van der Waals surface area (Å²) in [5.41, 5.74) is 0. The average molecular weight is 292 g/mol. The van der Waals surface area contributed by atoms with E-state index < -0.39 is 9.05 Å². The van der Waals surface area contributed by atoms with Crippen LogP contribution in [0.1, 0.15) is 57.8 Å². The van der Waals surface area contributed by atoms with E-state index in [1.165, 1.54) is 0 Å². The van der Waals surface area contributed by atoms with Gasteiger partial charge >= 0.3 is 0 Å². The highest BCUT2D eigenvalue weighted by atomic mass is 35.7. The van der Waals surface area contributed by atoms with Crippen molar-refractivity contribution in [2.75, 3.05) is 0 Å². The van der Waals surface area contributed by atoms with Crippen LogP contribution >= 0.6 is 10.7 Å². The molecule has 1 fully saturated rings. The highest BCUT2D eigenvalue weighted by Crippen LogP contribution is 2.39. The number of nitrogens with zero attached hydrogens (tertiary/aromatic N) is 3. The largest absolute Gasteiger partial charge is 0.298 e. The maximum atomic E-state index is 11.5. The maximum Gasteiger partial charge on any atom is 0.296 e. The molecule has 18 heavy (non-hydrogen) atoms. The van der Waals surface area contributed by atoms with Gasteiger partial charge in [0, 0.05) is 22.6 Å². The van der Waals surface area contributed by atoms with Crippen molar-refractivity contribution >= 4 is 19.7 Å². The fraction of sp³-hybridized carbons (Fsp3) is 0.818. The molecule has 2 atom stereocenters. The lowest BCUT2D eigenvalue weighted by Gasteiger charge is -2.19. The van der Waals surface area contributed by atoms with E-state index >= 15 is 0 Å². The number of aromatic nitrogens is 3. The average Bonchev–Trinajstić information content (AvgIpc) is 2.80. The standard InChI is InChI=1S/C11H18ClN3O2S/c1-7(2)15-10(9-6-4-5-8(9)3)13-14-11(15)18(12,16)17/h7-9H,4-6H2,1-3H3. The highest BCUT2D eigenvalue weighted by Gasteiger charge is 2.33. The Morgan fingerprint density at radius 2 is 2.00 bits per heavy atom. The monoisotopic (exact) mass is 291 g/mol. The molecule has 2 rings (SSSR count). The Hall–Kier alpha value is -0.620. The van der Waals surface area contributed by atoms with Crippen molar-refractivity contribution in [3.8, 4) is 0 Å². The summed E-state index contributed by atoms with van der Waals surface area (Å²) < 4.78 is 24.7. The molecule has 0 aromatic carbocycles. The highest BCUT2D eigenvalue weighted by molar-refractivity contribution is 8.13. The van der Waals surface area contributed by atoms with Crippen LogP contribution < -0.4 is 0 Å². The summed E-state index contributed by atoms with van der Waals surface area (Å²) in [6, 6.07) is -0.0219. The Morgan fingerprint density at radius 3 is 2.44 bits per heavy atom. The summed E-state index contributed by atoms with van der Waals surface area (Å²) in [6.45, 7) is 6.00. The van der Waals surface area contributed by atoms with E-state index in [0.29, 0.717) is 5.92 Å². The van der Waals surface area contributed by atoms with Gasteiger partial charge in [-0.25, -0.2) is 8.42 Å². The van der Waals surface area contributed by atoms with E-state index in [2.05, 4.69) is 17.1 Å². The van der Waals surface area contributed by atoms with Crippen LogP contribution in [-0.4, -0.2) is 23.2 Å². The molecule has 102 valence electrons. The lowest BCUT2D eigenvalue weighted by Crippen LogP contribution is -2.16. The summed E-state index contributed by atoms with van der Waals surface area (Å²) in [7, 11) is 1.57. The molecule has 0 saturated heterocycles.